The van der Waals surface area contributed by atoms with E-state index in [-0.39, 0.29) is 22.1 Å². The van der Waals surface area contributed by atoms with Gasteiger partial charge in [-0.1, -0.05) is 30.7 Å². The second-order valence-corrected chi connectivity index (χ2v) is 8.41. The number of Topliss-reactive ketones (excluding diaryl/α,β-unsaturated/α-hetero) is 1. The van der Waals surface area contributed by atoms with Crippen molar-refractivity contribution in [1.82, 2.24) is 0 Å². The van der Waals surface area contributed by atoms with Crippen LogP contribution in [0.25, 0.3) is 0 Å². The maximum atomic E-state index is 13.5. The SMILES string of the molecule is COc1cc(OC)c2c(c1Cl)OC1(C(=O)C=C(Nc3cccc(C(C)O)c3)CC1C)C2=O. The number of aliphatic hydroxyl groups excluding tert-OH is 1. The Balaban J connectivity index is 1.69. The molecule has 0 radical (unpaired) electrons. The average Bonchev–Trinajstić information content (AvgIpc) is 3.08. The van der Waals surface area contributed by atoms with E-state index in [1.807, 2.05) is 24.3 Å². The predicted octanol–water partition coefficient (Wildman–Crippen LogP) is 4.33. The first-order chi connectivity index (χ1) is 15.2. The van der Waals surface area contributed by atoms with Crippen molar-refractivity contribution in [3.05, 3.63) is 58.3 Å². The van der Waals surface area contributed by atoms with E-state index in [4.69, 9.17) is 25.8 Å². The van der Waals surface area contributed by atoms with Gasteiger partial charge in [0, 0.05) is 29.4 Å². The summed E-state index contributed by atoms with van der Waals surface area (Å²) >= 11 is 6.41. The van der Waals surface area contributed by atoms with Gasteiger partial charge >= 0.3 is 0 Å². The molecule has 7 nitrogen and oxygen atoms in total. The highest BCUT2D eigenvalue weighted by atomic mass is 35.5. The molecule has 3 unspecified atom stereocenters. The number of ketones is 2. The van der Waals surface area contributed by atoms with Gasteiger partial charge in [-0.15, -0.1) is 0 Å². The molecule has 4 rings (SSSR count). The summed E-state index contributed by atoms with van der Waals surface area (Å²) in [4.78, 5) is 26.8. The molecule has 1 spiro atoms. The molecule has 0 aromatic heterocycles. The summed E-state index contributed by atoms with van der Waals surface area (Å²) in [5.74, 6) is -0.789. The van der Waals surface area contributed by atoms with Gasteiger partial charge in [-0.25, -0.2) is 0 Å². The first-order valence-corrected chi connectivity index (χ1v) is 10.6. The molecular weight excluding hydrogens is 434 g/mol. The van der Waals surface area contributed by atoms with Gasteiger partial charge in [-0.05, 0) is 31.0 Å². The van der Waals surface area contributed by atoms with Crippen molar-refractivity contribution >= 4 is 28.9 Å². The number of fused-ring (bicyclic) bond motifs is 1. The highest BCUT2D eigenvalue weighted by Crippen LogP contribution is 2.53. The van der Waals surface area contributed by atoms with Crippen molar-refractivity contribution in [2.24, 2.45) is 5.92 Å². The molecule has 8 heteroatoms. The number of hydrogen-bond acceptors (Lipinski definition) is 7. The molecule has 32 heavy (non-hydrogen) atoms. The zero-order valence-corrected chi connectivity index (χ0v) is 18.9. The van der Waals surface area contributed by atoms with Gasteiger partial charge in [-0.2, -0.15) is 0 Å². The number of aliphatic hydroxyl groups is 1. The molecule has 3 atom stereocenters. The number of methoxy groups -OCH3 is 2. The van der Waals surface area contributed by atoms with E-state index in [9.17, 15) is 14.7 Å². The fraction of sp³-hybridized carbons (Fsp3) is 0.333. The highest BCUT2D eigenvalue weighted by molar-refractivity contribution is 6.36. The van der Waals surface area contributed by atoms with Crippen LogP contribution in [0.1, 0.15) is 42.3 Å². The molecule has 2 N–H and O–H groups in total. The van der Waals surface area contributed by atoms with E-state index < -0.39 is 29.2 Å². The second kappa shape index (κ2) is 8.15. The van der Waals surface area contributed by atoms with Crippen molar-refractivity contribution in [1.29, 1.82) is 0 Å². The van der Waals surface area contributed by atoms with Crippen LogP contribution in [0.2, 0.25) is 5.02 Å². The maximum absolute atomic E-state index is 13.5. The summed E-state index contributed by atoms with van der Waals surface area (Å²) < 4.78 is 16.7. The summed E-state index contributed by atoms with van der Waals surface area (Å²) in [5.41, 5.74) is 0.578. The average molecular weight is 458 g/mol. The number of allylic oxidation sites excluding steroid dienone is 1. The molecule has 0 fully saturated rings. The van der Waals surface area contributed by atoms with Crippen LogP contribution >= 0.6 is 11.6 Å². The zero-order valence-electron chi connectivity index (χ0n) is 18.2. The maximum Gasteiger partial charge on any atom is 0.236 e. The van der Waals surface area contributed by atoms with Crippen molar-refractivity contribution in [2.45, 2.75) is 32.0 Å². The third-order valence-corrected chi connectivity index (χ3v) is 6.34. The Morgan fingerprint density at radius 2 is 1.94 bits per heavy atom. The molecule has 0 saturated carbocycles. The molecule has 168 valence electrons. The molecule has 0 amide bonds. The predicted molar refractivity (Wildman–Crippen MR) is 120 cm³/mol. The van der Waals surface area contributed by atoms with Crippen molar-refractivity contribution in [3.8, 4) is 17.2 Å². The number of carbonyl (C=O) groups is 2. The lowest BCUT2D eigenvalue weighted by molar-refractivity contribution is -0.129. The Hall–Kier alpha value is -3.03. The Labute approximate surface area is 190 Å². The lowest BCUT2D eigenvalue weighted by Gasteiger charge is -2.35. The van der Waals surface area contributed by atoms with Crippen LogP contribution < -0.4 is 19.5 Å². The number of ether oxygens (including phenoxy) is 3. The fourth-order valence-electron chi connectivity index (χ4n) is 4.28. The third kappa shape index (κ3) is 3.32. The monoisotopic (exact) mass is 457 g/mol. The summed E-state index contributed by atoms with van der Waals surface area (Å²) in [6.45, 7) is 3.48. The van der Waals surface area contributed by atoms with Gasteiger partial charge in [0.1, 0.15) is 22.1 Å². The molecular formula is C24H24ClNO6. The van der Waals surface area contributed by atoms with Gasteiger partial charge in [0.05, 0.1) is 20.3 Å². The molecule has 1 aliphatic heterocycles. The Morgan fingerprint density at radius 3 is 2.56 bits per heavy atom. The Morgan fingerprint density at radius 1 is 1.22 bits per heavy atom. The summed E-state index contributed by atoms with van der Waals surface area (Å²) in [6.07, 6.45) is 1.18. The zero-order chi connectivity index (χ0) is 23.2. The lowest BCUT2D eigenvalue weighted by Crippen LogP contribution is -2.55. The Kier molecular flexibility index (Phi) is 5.65. The minimum atomic E-state index is -1.71. The summed E-state index contributed by atoms with van der Waals surface area (Å²) in [7, 11) is 2.87. The highest BCUT2D eigenvalue weighted by Gasteiger charge is 2.60. The van der Waals surface area contributed by atoms with Gasteiger partial charge in [-0.3, -0.25) is 9.59 Å². The number of carbonyl (C=O) groups excluding carboxylic acids is 2. The number of benzene rings is 2. The van der Waals surface area contributed by atoms with Crippen molar-refractivity contribution < 1.29 is 28.9 Å². The van der Waals surface area contributed by atoms with Crippen LogP contribution in [0.4, 0.5) is 5.69 Å². The van der Waals surface area contributed by atoms with Crippen molar-refractivity contribution in [3.63, 3.8) is 0 Å². The van der Waals surface area contributed by atoms with Gasteiger partial charge in [0.2, 0.25) is 17.2 Å². The summed E-state index contributed by atoms with van der Waals surface area (Å²) in [5, 5.41) is 13.2. The third-order valence-electron chi connectivity index (χ3n) is 5.98. The quantitative estimate of drug-likeness (QED) is 0.645. The minimum Gasteiger partial charge on any atom is -0.496 e. The van der Waals surface area contributed by atoms with E-state index in [1.165, 1.54) is 26.4 Å². The fourth-order valence-corrected chi connectivity index (χ4v) is 4.54. The normalized spacial score (nSPS) is 22.8. The first-order valence-electron chi connectivity index (χ1n) is 10.2. The molecule has 1 heterocycles. The second-order valence-electron chi connectivity index (χ2n) is 8.03. The van der Waals surface area contributed by atoms with E-state index in [2.05, 4.69) is 5.32 Å². The molecule has 2 aromatic rings. The van der Waals surface area contributed by atoms with E-state index in [0.29, 0.717) is 17.9 Å². The lowest BCUT2D eigenvalue weighted by atomic mass is 9.74. The number of nitrogens with one attached hydrogen (secondary N) is 1. The topological polar surface area (TPSA) is 94.1 Å². The molecule has 0 saturated heterocycles. The number of halogens is 1. The van der Waals surface area contributed by atoms with Crippen molar-refractivity contribution in [2.75, 3.05) is 19.5 Å². The smallest absolute Gasteiger partial charge is 0.236 e. The van der Waals surface area contributed by atoms with Crippen LogP contribution in [0.3, 0.4) is 0 Å². The van der Waals surface area contributed by atoms with Crippen LogP contribution in [-0.4, -0.2) is 36.5 Å². The van der Waals surface area contributed by atoms with E-state index in [0.717, 1.165) is 11.3 Å². The number of anilines is 1. The van der Waals surface area contributed by atoms with Crippen LogP contribution in [-0.2, 0) is 4.79 Å². The molecule has 2 aliphatic rings. The van der Waals surface area contributed by atoms with E-state index in [1.54, 1.807) is 13.8 Å². The largest absolute Gasteiger partial charge is 0.496 e. The van der Waals surface area contributed by atoms with Crippen LogP contribution in [0.5, 0.6) is 17.2 Å². The Bertz CT molecular complexity index is 1140. The van der Waals surface area contributed by atoms with Crippen LogP contribution in [0, 0.1) is 5.92 Å². The molecule has 0 bridgehead atoms. The molecule has 1 aliphatic carbocycles. The van der Waals surface area contributed by atoms with E-state index >= 15 is 0 Å². The number of rotatable bonds is 5. The number of hydrogen-bond donors (Lipinski definition) is 2. The molecule has 2 aromatic carbocycles. The van der Waals surface area contributed by atoms with Gasteiger partial charge in [0.15, 0.2) is 5.75 Å². The van der Waals surface area contributed by atoms with Gasteiger partial charge < -0.3 is 24.6 Å². The minimum absolute atomic E-state index is 0.0995. The van der Waals surface area contributed by atoms with Crippen LogP contribution in [0.15, 0.2) is 42.1 Å². The van der Waals surface area contributed by atoms with Gasteiger partial charge in [0.25, 0.3) is 0 Å². The summed E-state index contributed by atoms with van der Waals surface area (Å²) in [6, 6.07) is 8.81. The first kappa shape index (κ1) is 22.2. The standard InChI is InChI=1S/C24H24ClNO6/c1-12-8-16(26-15-7-5-6-14(9-15)13(2)27)10-19(28)24(12)23(29)20-17(30-3)11-18(31-4)21(25)22(20)32-24/h5-7,9-13,26-27H,8H2,1-4H3.